The highest BCUT2D eigenvalue weighted by atomic mass is 79.9. The Morgan fingerprint density at radius 2 is 2.00 bits per heavy atom. The smallest absolute Gasteiger partial charge is 0.231 e. The lowest BCUT2D eigenvalue weighted by atomic mass is 10.2. The number of ether oxygens (including phenoxy) is 3. The molecule has 0 saturated carbocycles. The number of benzene rings is 2. The number of halogens is 1. The molecule has 0 radical (unpaired) electrons. The van der Waals surface area contributed by atoms with E-state index in [4.69, 9.17) is 14.2 Å². The second kappa shape index (κ2) is 5.73. The average Bonchev–Trinajstić information content (AvgIpc) is 2.90. The molecular formula is C15H14BrNO3. The maximum atomic E-state index is 5.86. The van der Waals surface area contributed by atoms with Crippen molar-refractivity contribution in [1.29, 1.82) is 0 Å². The van der Waals surface area contributed by atoms with Crippen LogP contribution in [0, 0.1) is 0 Å². The van der Waals surface area contributed by atoms with Crippen molar-refractivity contribution in [2.24, 2.45) is 0 Å². The van der Waals surface area contributed by atoms with E-state index in [-0.39, 0.29) is 6.79 Å². The van der Waals surface area contributed by atoms with Crippen molar-refractivity contribution < 1.29 is 14.2 Å². The Morgan fingerprint density at radius 1 is 1.15 bits per heavy atom. The molecule has 5 heteroatoms. The minimum Gasteiger partial charge on any atom is -0.456 e. The summed E-state index contributed by atoms with van der Waals surface area (Å²) in [6.45, 7) is 1.09. The molecule has 0 saturated heterocycles. The molecule has 0 atom stereocenters. The van der Waals surface area contributed by atoms with E-state index in [0.29, 0.717) is 5.75 Å². The van der Waals surface area contributed by atoms with Crippen LogP contribution in [-0.4, -0.2) is 13.8 Å². The summed E-state index contributed by atoms with van der Waals surface area (Å²) >= 11 is 3.53. The van der Waals surface area contributed by atoms with Crippen LogP contribution >= 0.6 is 15.9 Å². The van der Waals surface area contributed by atoms with Crippen LogP contribution in [0.2, 0.25) is 0 Å². The number of hydrogen-bond donors (Lipinski definition) is 1. The predicted molar refractivity (Wildman–Crippen MR) is 79.5 cm³/mol. The van der Waals surface area contributed by atoms with Gasteiger partial charge in [-0.25, -0.2) is 0 Å². The first-order chi connectivity index (χ1) is 9.76. The average molecular weight is 336 g/mol. The summed E-state index contributed by atoms with van der Waals surface area (Å²) in [5, 5.41) is 3.12. The highest BCUT2D eigenvalue weighted by molar-refractivity contribution is 9.10. The lowest BCUT2D eigenvalue weighted by Crippen LogP contribution is -2.04. The van der Waals surface area contributed by atoms with Crippen molar-refractivity contribution in [3.8, 4) is 23.0 Å². The molecule has 2 aromatic carbocycles. The largest absolute Gasteiger partial charge is 0.456 e. The monoisotopic (exact) mass is 335 g/mol. The van der Waals surface area contributed by atoms with Crippen LogP contribution in [0.3, 0.4) is 0 Å². The molecule has 1 heterocycles. The van der Waals surface area contributed by atoms with Gasteiger partial charge >= 0.3 is 0 Å². The van der Waals surface area contributed by atoms with Crippen molar-refractivity contribution in [2.75, 3.05) is 13.8 Å². The lowest BCUT2D eigenvalue weighted by Gasteiger charge is -2.10. The number of hydrogen-bond acceptors (Lipinski definition) is 4. The molecule has 0 unspecified atom stereocenters. The molecule has 0 bridgehead atoms. The van der Waals surface area contributed by atoms with Crippen molar-refractivity contribution >= 4 is 15.9 Å². The van der Waals surface area contributed by atoms with Crippen LogP contribution in [0.1, 0.15) is 5.56 Å². The fourth-order valence-electron chi connectivity index (χ4n) is 2.01. The molecule has 0 aliphatic carbocycles. The predicted octanol–water partition coefficient (Wildman–Crippen LogP) is 3.69. The zero-order chi connectivity index (χ0) is 13.9. The standard InChI is InChI=1S/C15H14BrNO3/c1-17-8-10-2-4-13(12(16)6-10)20-11-3-5-14-15(7-11)19-9-18-14/h2-7,17H,8-9H2,1H3. The van der Waals surface area contributed by atoms with Gasteiger partial charge in [0.05, 0.1) is 4.47 Å². The Balaban J connectivity index is 1.80. The van der Waals surface area contributed by atoms with Gasteiger partial charge in [0.15, 0.2) is 11.5 Å². The topological polar surface area (TPSA) is 39.7 Å². The molecule has 1 N–H and O–H groups in total. The SMILES string of the molecule is CNCc1ccc(Oc2ccc3c(c2)OCO3)c(Br)c1. The van der Waals surface area contributed by atoms with Crippen LogP contribution in [0.25, 0.3) is 0 Å². The van der Waals surface area contributed by atoms with Crippen molar-refractivity contribution in [2.45, 2.75) is 6.54 Å². The van der Waals surface area contributed by atoms with E-state index in [0.717, 1.165) is 28.3 Å². The zero-order valence-corrected chi connectivity index (χ0v) is 12.6. The van der Waals surface area contributed by atoms with E-state index in [1.54, 1.807) is 0 Å². The molecule has 1 aliphatic heterocycles. The van der Waals surface area contributed by atoms with Crippen molar-refractivity contribution in [3.05, 3.63) is 46.4 Å². The van der Waals surface area contributed by atoms with Crippen LogP contribution in [0.5, 0.6) is 23.0 Å². The van der Waals surface area contributed by atoms with Gasteiger partial charge in [0, 0.05) is 12.6 Å². The maximum absolute atomic E-state index is 5.86. The van der Waals surface area contributed by atoms with Gasteiger partial charge in [-0.15, -0.1) is 0 Å². The van der Waals surface area contributed by atoms with Gasteiger partial charge < -0.3 is 19.5 Å². The molecule has 2 aromatic rings. The first-order valence-electron chi connectivity index (χ1n) is 6.27. The van der Waals surface area contributed by atoms with Gasteiger partial charge in [-0.1, -0.05) is 6.07 Å². The molecule has 20 heavy (non-hydrogen) atoms. The van der Waals surface area contributed by atoms with E-state index >= 15 is 0 Å². The fourth-order valence-corrected chi connectivity index (χ4v) is 2.52. The van der Waals surface area contributed by atoms with E-state index < -0.39 is 0 Å². The van der Waals surface area contributed by atoms with Crippen LogP contribution in [0.4, 0.5) is 0 Å². The maximum Gasteiger partial charge on any atom is 0.231 e. The summed E-state index contributed by atoms with van der Waals surface area (Å²) in [5.41, 5.74) is 1.19. The first kappa shape index (κ1) is 13.3. The highest BCUT2D eigenvalue weighted by Crippen LogP contribution is 2.38. The third kappa shape index (κ3) is 2.73. The Morgan fingerprint density at radius 3 is 2.80 bits per heavy atom. The molecule has 3 rings (SSSR count). The minimum absolute atomic E-state index is 0.265. The Bertz CT molecular complexity index is 631. The van der Waals surface area contributed by atoms with Gasteiger partial charge in [0.2, 0.25) is 6.79 Å². The van der Waals surface area contributed by atoms with Gasteiger partial charge in [0.1, 0.15) is 11.5 Å². The second-order valence-corrected chi connectivity index (χ2v) is 5.27. The fraction of sp³-hybridized carbons (Fsp3) is 0.200. The molecule has 1 aliphatic rings. The number of rotatable bonds is 4. The van der Waals surface area contributed by atoms with Crippen LogP contribution in [-0.2, 0) is 6.54 Å². The Hall–Kier alpha value is -1.72. The number of nitrogens with one attached hydrogen (secondary N) is 1. The van der Waals surface area contributed by atoms with Crippen LogP contribution in [0.15, 0.2) is 40.9 Å². The molecule has 0 fully saturated rings. The third-order valence-corrected chi connectivity index (χ3v) is 3.57. The quantitative estimate of drug-likeness (QED) is 0.924. The van der Waals surface area contributed by atoms with E-state index in [1.165, 1.54) is 5.56 Å². The van der Waals surface area contributed by atoms with Crippen molar-refractivity contribution in [1.82, 2.24) is 5.32 Å². The Labute approximate surface area is 125 Å². The normalized spacial score (nSPS) is 12.5. The molecular weight excluding hydrogens is 322 g/mol. The molecule has 0 aromatic heterocycles. The molecule has 0 amide bonds. The summed E-state index contributed by atoms with van der Waals surface area (Å²) in [4.78, 5) is 0. The van der Waals surface area contributed by atoms with Gasteiger partial charge in [0.25, 0.3) is 0 Å². The molecule has 0 spiro atoms. The minimum atomic E-state index is 0.265. The van der Waals surface area contributed by atoms with E-state index in [9.17, 15) is 0 Å². The summed E-state index contributed by atoms with van der Waals surface area (Å²) in [7, 11) is 1.92. The molecule has 104 valence electrons. The van der Waals surface area contributed by atoms with E-state index in [1.807, 2.05) is 43.4 Å². The summed E-state index contributed by atoms with van der Waals surface area (Å²) < 4.78 is 17.4. The molecule has 4 nitrogen and oxygen atoms in total. The van der Waals surface area contributed by atoms with Gasteiger partial charge in [-0.2, -0.15) is 0 Å². The first-order valence-corrected chi connectivity index (χ1v) is 7.06. The van der Waals surface area contributed by atoms with Crippen LogP contribution < -0.4 is 19.5 Å². The van der Waals surface area contributed by atoms with Gasteiger partial charge in [-0.3, -0.25) is 0 Å². The van der Waals surface area contributed by atoms with E-state index in [2.05, 4.69) is 21.2 Å². The lowest BCUT2D eigenvalue weighted by molar-refractivity contribution is 0.174. The van der Waals surface area contributed by atoms with Crippen molar-refractivity contribution in [3.63, 3.8) is 0 Å². The highest BCUT2D eigenvalue weighted by Gasteiger charge is 2.14. The second-order valence-electron chi connectivity index (χ2n) is 4.41. The summed E-state index contributed by atoms with van der Waals surface area (Å²) in [5.74, 6) is 2.95. The van der Waals surface area contributed by atoms with Gasteiger partial charge in [-0.05, 0) is 52.8 Å². The number of fused-ring (bicyclic) bond motifs is 1. The summed E-state index contributed by atoms with van der Waals surface area (Å²) in [6, 6.07) is 11.6. The Kier molecular flexibility index (Phi) is 3.80. The third-order valence-electron chi connectivity index (χ3n) is 2.95. The summed E-state index contributed by atoms with van der Waals surface area (Å²) in [6.07, 6.45) is 0. The zero-order valence-electron chi connectivity index (χ0n) is 11.0.